The Bertz CT molecular complexity index is 399. The van der Waals surface area contributed by atoms with Crippen molar-refractivity contribution < 1.29 is 22.7 Å². The zero-order chi connectivity index (χ0) is 12.5. The third-order valence-corrected chi connectivity index (χ3v) is 2.65. The molecule has 0 aromatic heterocycles. The van der Waals surface area contributed by atoms with E-state index in [9.17, 15) is 22.7 Å². The van der Waals surface area contributed by atoms with Crippen LogP contribution in [-0.2, 0) is 6.18 Å². The lowest BCUT2D eigenvalue weighted by Crippen LogP contribution is -2.19. The topological polar surface area (TPSA) is 46.2 Å². The van der Waals surface area contributed by atoms with Crippen molar-refractivity contribution >= 4 is 28.3 Å². The second kappa shape index (κ2) is 5.88. The molecule has 0 unspecified atom stereocenters. The number of alkyl halides is 4. The van der Waals surface area contributed by atoms with Crippen molar-refractivity contribution in [3.05, 3.63) is 27.7 Å². The smallest absolute Gasteiger partial charge is 0.416 e. The zero-order valence-electron chi connectivity index (χ0n) is 8.26. The minimum absolute atomic E-state index is 0. The number of aromatic hydroxyl groups is 1. The molecule has 0 spiro atoms. The van der Waals surface area contributed by atoms with Crippen LogP contribution < -0.4 is 5.73 Å². The molecule has 8 heteroatoms. The lowest BCUT2D eigenvalue weighted by Gasteiger charge is -2.18. The van der Waals surface area contributed by atoms with E-state index in [1.54, 1.807) is 0 Å². The van der Waals surface area contributed by atoms with Crippen LogP contribution in [-0.4, -0.2) is 11.8 Å². The van der Waals surface area contributed by atoms with Gasteiger partial charge in [-0.3, -0.25) is 0 Å². The van der Waals surface area contributed by atoms with Crippen LogP contribution in [0.2, 0.25) is 0 Å². The first-order valence-electron chi connectivity index (χ1n) is 4.19. The molecule has 0 saturated heterocycles. The SMILES string of the molecule is Cl.N[C@H](CF)c1c(C(F)(F)F)ccc(Br)c1O. The summed E-state index contributed by atoms with van der Waals surface area (Å²) in [4.78, 5) is 0. The third kappa shape index (κ3) is 3.46. The van der Waals surface area contributed by atoms with Crippen LogP contribution in [0.25, 0.3) is 0 Å². The van der Waals surface area contributed by atoms with E-state index in [0.29, 0.717) is 0 Å². The predicted octanol–water partition coefficient (Wildman–Crippen LogP) is 3.56. The second-order valence-corrected chi connectivity index (χ2v) is 3.97. The van der Waals surface area contributed by atoms with Crippen LogP contribution >= 0.6 is 28.3 Å². The van der Waals surface area contributed by atoms with Gasteiger partial charge in [0.1, 0.15) is 12.4 Å². The Labute approximate surface area is 109 Å². The van der Waals surface area contributed by atoms with Crippen molar-refractivity contribution in [3.63, 3.8) is 0 Å². The number of hydrogen-bond acceptors (Lipinski definition) is 2. The number of phenolic OH excluding ortho intramolecular Hbond substituents is 1. The average molecular weight is 339 g/mol. The quantitative estimate of drug-likeness (QED) is 0.810. The Kier molecular flexibility index (Phi) is 5.70. The van der Waals surface area contributed by atoms with E-state index in [1.807, 2.05) is 0 Å². The number of hydrogen-bond donors (Lipinski definition) is 2. The van der Waals surface area contributed by atoms with Crippen molar-refractivity contribution in [3.8, 4) is 5.75 Å². The molecule has 1 rings (SSSR count). The van der Waals surface area contributed by atoms with E-state index in [2.05, 4.69) is 15.9 Å². The van der Waals surface area contributed by atoms with Crippen molar-refractivity contribution in [1.29, 1.82) is 0 Å². The Morgan fingerprint density at radius 2 is 1.88 bits per heavy atom. The van der Waals surface area contributed by atoms with Crippen LogP contribution in [0.15, 0.2) is 16.6 Å². The average Bonchev–Trinajstić information content (AvgIpc) is 2.19. The molecule has 0 aliphatic carbocycles. The molecule has 0 amide bonds. The van der Waals surface area contributed by atoms with E-state index in [0.717, 1.165) is 12.1 Å². The summed E-state index contributed by atoms with van der Waals surface area (Å²) in [7, 11) is 0. The highest BCUT2D eigenvalue weighted by Crippen LogP contribution is 2.41. The molecule has 3 N–H and O–H groups in total. The van der Waals surface area contributed by atoms with Crippen LogP contribution in [0.1, 0.15) is 17.2 Å². The van der Waals surface area contributed by atoms with Gasteiger partial charge in [-0.25, -0.2) is 4.39 Å². The highest BCUT2D eigenvalue weighted by atomic mass is 79.9. The van der Waals surface area contributed by atoms with E-state index < -0.39 is 35.8 Å². The summed E-state index contributed by atoms with van der Waals surface area (Å²) in [5.41, 5.74) is 3.44. The van der Waals surface area contributed by atoms with Crippen molar-refractivity contribution in [2.45, 2.75) is 12.2 Å². The van der Waals surface area contributed by atoms with E-state index in [4.69, 9.17) is 5.73 Å². The maximum Gasteiger partial charge on any atom is 0.416 e. The molecule has 0 bridgehead atoms. The van der Waals surface area contributed by atoms with Crippen molar-refractivity contribution in [1.82, 2.24) is 0 Å². The molecule has 17 heavy (non-hydrogen) atoms. The standard InChI is InChI=1S/C9H8BrF4NO.ClH/c10-5-2-1-4(9(12,13)14)7(8(5)16)6(15)3-11;/h1-2,6,16H,3,15H2;1H/t6-;/m1./s1. The highest BCUT2D eigenvalue weighted by Gasteiger charge is 2.36. The minimum Gasteiger partial charge on any atom is -0.506 e. The van der Waals surface area contributed by atoms with Crippen LogP contribution in [0.5, 0.6) is 5.75 Å². The molecule has 98 valence electrons. The zero-order valence-corrected chi connectivity index (χ0v) is 10.7. The molecule has 0 fully saturated rings. The maximum absolute atomic E-state index is 12.6. The predicted molar refractivity (Wildman–Crippen MR) is 61.0 cm³/mol. The molecule has 0 aliphatic rings. The highest BCUT2D eigenvalue weighted by molar-refractivity contribution is 9.10. The molecule has 0 heterocycles. The Balaban J connectivity index is 0.00000256. The first-order chi connectivity index (χ1) is 7.29. The van der Waals surface area contributed by atoms with Crippen molar-refractivity contribution in [2.24, 2.45) is 5.73 Å². The molecule has 0 saturated carbocycles. The molecule has 1 atom stereocenters. The van der Waals surface area contributed by atoms with Gasteiger partial charge in [0.05, 0.1) is 16.1 Å². The fourth-order valence-corrected chi connectivity index (χ4v) is 1.63. The summed E-state index contributed by atoms with van der Waals surface area (Å²) in [5, 5.41) is 9.45. The minimum atomic E-state index is -4.68. The van der Waals surface area contributed by atoms with Crippen LogP contribution in [0.4, 0.5) is 17.6 Å². The van der Waals surface area contributed by atoms with Gasteiger partial charge in [0.2, 0.25) is 0 Å². The molecule has 2 nitrogen and oxygen atoms in total. The third-order valence-electron chi connectivity index (χ3n) is 2.01. The Hall–Kier alpha value is -0.530. The van der Waals surface area contributed by atoms with Crippen LogP contribution in [0, 0.1) is 0 Å². The van der Waals surface area contributed by atoms with Crippen molar-refractivity contribution in [2.75, 3.05) is 6.67 Å². The normalized spacial score (nSPS) is 13.1. The van der Waals surface area contributed by atoms with Gasteiger partial charge in [-0.2, -0.15) is 13.2 Å². The van der Waals surface area contributed by atoms with E-state index in [-0.39, 0.29) is 16.9 Å². The van der Waals surface area contributed by atoms with Gasteiger partial charge in [0.25, 0.3) is 0 Å². The van der Waals surface area contributed by atoms with E-state index in [1.165, 1.54) is 0 Å². The lowest BCUT2D eigenvalue weighted by atomic mass is 10.00. The summed E-state index contributed by atoms with van der Waals surface area (Å²) in [6.07, 6.45) is -4.68. The van der Waals surface area contributed by atoms with Gasteiger partial charge < -0.3 is 10.8 Å². The number of nitrogens with two attached hydrogens (primary N) is 1. The van der Waals surface area contributed by atoms with Gasteiger partial charge in [-0.15, -0.1) is 12.4 Å². The second-order valence-electron chi connectivity index (χ2n) is 3.12. The van der Waals surface area contributed by atoms with E-state index >= 15 is 0 Å². The van der Waals surface area contributed by atoms with Crippen LogP contribution in [0.3, 0.4) is 0 Å². The van der Waals surface area contributed by atoms with Gasteiger partial charge in [0.15, 0.2) is 0 Å². The summed E-state index contributed by atoms with van der Waals surface area (Å²) in [6.45, 7) is -1.19. The Morgan fingerprint density at radius 3 is 2.29 bits per heavy atom. The summed E-state index contributed by atoms with van der Waals surface area (Å²) in [6, 6.07) is 0.274. The number of benzene rings is 1. The number of halogens is 6. The maximum atomic E-state index is 12.6. The summed E-state index contributed by atoms with van der Waals surface area (Å²) >= 11 is 2.85. The molecule has 1 aromatic rings. The summed E-state index contributed by atoms with van der Waals surface area (Å²) < 4.78 is 50.0. The molecular formula is C9H9BrClF4NO. The molecule has 0 aliphatic heterocycles. The molecule has 1 aromatic carbocycles. The van der Waals surface area contributed by atoms with Gasteiger partial charge in [-0.1, -0.05) is 0 Å². The fourth-order valence-electron chi connectivity index (χ4n) is 1.28. The summed E-state index contributed by atoms with van der Waals surface area (Å²) in [5.74, 6) is -0.681. The monoisotopic (exact) mass is 337 g/mol. The lowest BCUT2D eigenvalue weighted by molar-refractivity contribution is -0.138. The largest absolute Gasteiger partial charge is 0.506 e. The first kappa shape index (κ1) is 16.5. The molecule has 0 radical (unpaired) electrons. The van der Waals surface area contributed by atoms with Gasteiger partial charge in [0, 0.05) is 5.56 Å². The number of rotatable bonds is 2. The van der Waals surface area contributed by atoms with Gasteiger partial charge in [-0.05, 0) is 28.1 Å². The number of phenols is 1. The first-order valence-corrected chi connectivity index (χ1v) is 4.98. The molecular weight excluding hydrogens is 329 g/mol. The fraction of sp³-hybridized carbons (Fsp3) is 0.333. The van der Waals surface area contributed by atoms with Gasteiger partial charge >= 0.3 is 6.18 Å². The Morgan fingerprint density at radius 1 is 1.35 bits per heavy atom.